The van der Waals surface area contributed by atoms with Crippen molar-refractivity contribution in [3.8, 4) is 0 Å². The maximum Gasteiger partial charge on any atom is 0.274 e. The van der Waals surface area contributed by atoms with E-state index in [0.717, 1.165) is 35.3 Å². The molecule has 0 saturated carbocycles. The quantitative estimate of drug-likeness (QED) is 0.459. The molecule has 1 N–H and O–H groups in total. The van der Waals surface area contributed by atoms with Crippen molar-refractivity contribution in [2.24, 2.45) is 0 Å². The second-order valence-corrected chi connectivity index (χ2v) is 9.33. The third-order valence-electron chi connectivity index (χ3n) is 7.18. The van der Waals surface area contributed by atoms with E-state index >= 15 is 0 Å². The number of halogens is 2. The molecule has 1 unspecified atom stereocenters. The van der Waals surface area contributed by atoms with Gasteiger partial charge in [0.2, 0.25) is 0 Å². The van der Waals surface area contributed by atoms with Gasteiger partial charge in [0, 0.05) is 24.7 Å². The Morgan fingerprint density at radius 2 is 1.94 bits per heavy atom. The lowest BCUT2D eigenvalue weighted by atomic mass is 9.98. The molecule has 1 fully saturated rings. The fourth-order valence-electron chi connectivity index (χ4n) is 5.62. The summed E-state index contributed by atoms with van der Waals surface area (Å²) in [6.45, 7) is 1.33. The first kappa shape index (κ1) is 19.3. The zero-order valence-electron chi connectivity index (χ0n) is 17.4. The van der Waals surface area contributed by atoms with Crippen molar-refractivity contribution in [2.45, 2.75) is 31.2 Å². The predicted octanol–water partition coefficient (Wildman–Crippen LogP) is 4.12. The van der Waals surface area contributed by atoms with Gasteiger partial charge in [0.05, 0.1) is 34.0 Å². The number of imidazole rings is 1. The Hall–Kier alpha value is -3.23. The summed E-state index contributed by atoms with van der Waals surface area (Å²) in [5, 5.41) is 0.0555. The lowest BCUT2D eigenvalue weighted by Crippen LogP contribution is -2.24. The van der Waals surface area contributed by atoms with E-state index in [1.165, 1.54) is 6.07 Å². The highest BCUT2D eigenvalue weighted by Crippen LogP contribution is 2.48. The van der Waals surface area contributed by atoms with Gasteiger partial charge in [-0.25, -0.2) is 9.37 Å². The van der Waals surface area contributed by atoms with Gasteiger partial charge in [0.25, 0.3) is 11.5 Å². The first-order valence-corrected chi connectivity index (χ1v) is 11.4. The molecule has 2 aromatic carbocycles. The van der Waals surface area contributed by atoms with Crippen LogP contribution in [0.1, 0.15) is 52.1 Å². The molecule has 4 aromatic rings. The molecule has 2 aromatic heterocycles. The van der Waals surface area contributed by atoms with E-state index in [1.807, 2.05) is 10.5 Å². The predicted molar refractivity (Wildman–Crippen MR) is 121 cm³/mol. The summed E-state index contributed by atoms with van der Waals surface area (Å²) in [7, 11) is 0. The molecule has 1 amide bonds. The van der Waals surface area contributed by atoms with Gasteiger partial charge in [-0.3, -0.25) is 14.0 Å². The van der Waals surface area contributed by atoms with Crippen LogP contribution in [0.4, 0.5) is 10.1 Å². The number of carbonyl (C=O) groups excluding carboxylic acids is 1. The number of aromatic nitrogens is 3. The second-order valence-electron chi connectivity index (χ2n) is 8.92. The van der Waals surface area contributed by atoms with Crippen LogP contribution in [0.2, 0.25) is 5.02 Å². The van der Waals surface area contributed by atoms with Crippen LogP contribution in [0.3, 0.4) is 0 Å². The van der Waals surface area contributed by atoms with Crippen LogP contribution in [0.5, 0.6) is 0 Å². The molecule has 166 valence electrons. The molecule has 3 aliphatic rings. The van der Waals surface area contributed by atoms with Gasteiger partial charge in [0.15, 0.2) is 0 Å². The van der Waals surface area contributed by atoms with Gasteiger partial charge >= 0.3 is 0 Å². The number of aromatic amines is 1. The third-order valence-corrected chi connectivity index (χ3v) is 7.47. The molecule has 1 saturated heterocycles. The summed E-state index contributed by atoms with van der Waals surface area (Å²) >= 11 is 5.99. The minimum Gasteiger partial charge on any atom is -0.381 e. The van der Waals surface area contributed by atoms with Gasteiger partial charge in [-0.2, -0.15) is 0 Å². The summed E-state index contributed by atoms with van der Waals surface area (Å²) in [5.41, 5.74) is 4.40. The molecule has 0 radical (unpaired) electrons. The minimum absolute atomic E-state index is 0.0555. The summed E-state index contributed by atoms with van der Waals surface area (Å²) < 4.78 is 21.6. The number of benzene rings is 2. The van der Waals surface area contributed by atoms with Crippen LogP contribution in [0.15, 0.2) is 35.3 Å². The number of ether oxygens (including phenoxy) is 1. The van der Waals surface area contributed by atoms with Gasteiger partial charge in [-0.1, -0.05) is 11.6 Å². The van der Waals surface area contributed by atoms with Crippen LogP contribution in [0.25, 0.3) is 16.6 Å². The highest BCUT2D eigenvalue weighted by molar-refractivity contribution is 6.31. The zero-order valence-corrected chi connectivity index (χ0v) is 18.2. The minimum atomic E-state index is -0.546. The Morgan fingerprint density at radius 3 is 2.76 bits per heavy atom. The molecular weight excluding hydrogens is 447 g/mol. The maximum atomic E-state index is 14.2. The Morgan fingerprint density at radius 1 is 1.12 bits per heavy atom. The number of anilines is 1. The fraction of sp³-hybridized carbons (Fsp3) is 0.292. The maximum absolute atomic E-state index is 14.2. The van der Waals surface area contributed by atoms with Crippen LogP contribution >= 0.6 is 11.6 Å². The fourth-order valence-corrected chi connectivity index (χ4v) is 5.81. The topological polar surface area (TPSA) is 79.7 Å². The van der Waals surface area contributed by atoms with E-state index in [2.05, 4.69) is 9.97 Å². The first-order valence-electron chi connectivity index (χ1n) is 11.0. The third kappa shape index (κ3) is 2.56. The van der Waals surface area contributed by atoms with E-state index in [1.54, 1.807) is 23.2 Å². The number of rotatable bonds is 1. The Balaban J connectivity index is 1.45. The lowest BCUT2D eigenvalue weighted by Gasteiger charge is -2.21. The average Bonchev–Trinajstić information content (AvgIpc) is 3.48. The molecule has 3 aliphatic heterocycles. The number of nitrogens with one attached hydrogen (secondary N) is 1. The lowest BCUT2D eigenvalue weighted by molar-refractivity contribution is 0.0835. The number of nitrogens with zero attached hydrogens (tertiary/aromatic N) is 3. The standard InChI is InChI=1S/C24H18ClFN4O3/c25-15-5-12-6-19-13-8-20-17(7-14(13)24(32)30(19)18(12)9-16(15)26)28-23(31)21-10-27-22(29(20)21)11-1-3-33-4-2-11/h5,7-11,19H,1-4,6H2,(H,28,31). The second kappa shape index (κ2) is 6.65. The number of H-pyrrole nitrogens is 1. The van der Waals surface area contributed by atoms with Crippen molar-refractivity contribution in [3.05, 3.63) is 74.2 Å². The SMILES string of the molecule is O=C1c2cc3[nH]c(=O)c4cnc(C5CCOCC5)n4c3cc2C2Cc3cc(Cl)c(F)cc3N12. The molecule has 1 atom stereocenters. The van der Waals surface area contributed by atoms with Crippen molar-refractivity contribution in [3.63, 3.8) is 0 Å². The molecule has 9 heteroatoms. The highest BCUT2D eigenvalue weighted by Gasteiger charge is 2.44. The van der Waals surface area contributed by atoms with Crippen molar-refractivity contribution in [2.75, 3.05) is 18.1 Å². The van der Waals surface area contributed by atoms with Crippen molar-refractivity contribution in [1.82, 2.24) is 14.4 Å². The van der Waals surface area contributed by atoms with Gasteiger partial charge in [-0.05, 0) is 54.7 Å². The van der Waals surface area contributed by atoms with Crippen molar-refractivity contribution < 1.29 is 13.9 Å². The van der Waals surface area contributed by atoms with Crippen LogP contribution in [-0.4, -0.2) is 33.5 Å². The molecule has 7 rings (SSSR count). The van der Waals surface area contributed by atoms with Crippen molar-refractivity contribution in [1.29, 1.82) is 0 Å². The first-order chi connectivity index (χ1) is 16.0. The number of amides is 1. The van der Waals surface area contributed by atoms with Crippen molar-refractivity contribution >= 4 is 39.7 Å². The molecule has 33 heavy (non-hydrogen) atoms. The van der Waals surface area contributed by atoms with E-state index in [4.69, 9.17) is 16.3 Å². The zero-order chi connectivity index (χ0) is 22.4. The average molecular weight is 465 g/mol. The van der Waals surface area contributed by atoms with Gasteiger partial charge in [0.1, 0.15) is 17.2 Å². The summed E-state index contributed by atoms with van der Waals surface area (Å²) in [6, 6.07) is 6.42. The molecular formula is C24H18ClFN4O3. The largest absolute Gasteiger partial charge is 0.381 e. The summed E-state index contributed by atoms with van der Waals surface area (Å²) in [6.07, 6.45) is 3.86. The van der Waals surface area contributed by atoms with Gasteiger partial charge in [-0.15, -0.1) is 0 Å². The molecule has 0 spiro atoms. The molecule has 0 bridgehead atoms. The van der Waals surface area contributed by atoms with E-state index < -0.39 is 5.82 Å². The van der Waals surface area contributed by atoms with Crippen LogP contribution < -0.4 is 10.5 Å². The smallest absolute Gasteiger partial charge is 0.274 e. The number of fused-ring (bicyclic) bond motifs is 8. The monoisotopic (exact) mass is 464 g/mol. The number of hydrogen-bond acceptors (Lipinski definition) is 4. The van der Waals surface area contributed by atoms with E-state index in [0.29, 0.717) is 41.9 Å². The van der Waals surface area contributed by atoms with Crippen LogP contribution in [-0.2, 0) is 11.2 Å². The van der Waals surface area contributed by atoms with Gasteiger partial charge < -0.3 is 14.6 Å². The number of carbonyl (C=O) groups is 1. The normalized spacial score (nSPS) is 20.0. The molecule has 0 aliphatic carbocycles. The molecule has 5 heterocycles. The Kier molecular flexibility index (Phi) is 3.88. The number of hydrogen-bond donors (Lipinski definition) is 1. The Bertz CT molecular complexity index is 1570. The van der Waals surface area contributed by atoms with E-state index in [-0.39, 0.29) is 28.4 Å². The van der Waals surface area contributed by atoms with E-state index in [9.17, 15) is 14.0 Å². The Labute approximate surface area is 191 Å². The molecule has 7 nitrogen and oxygen atoms in total. The van der Waals surface area contributed by atoms with Crippen LogP contribution in [0, 0.1) is 5.82 Å². The summed E-state index contributed by atoms with van der Waals surface area (Å²) in [4.78, 5) is 35.3. The summed E-state index contributed by atoms with van der Waals surface area (Å²) in [5.74, 6) is 0.289. The highest BCUT2D eigenvalue weighted by atomic mass is 35.5.